The van der Waals surface area contributed by atoms with Crippen LogP contribution in [0.2, 0.25) is 0 Å². The molecule has 0 aliphatic rings. The van der Waals surface area contributed by atoms with Gasteiger partial charge in [-0.1, -0.05) is 36.2 Å². The van der Waals surface area contributed by atoms with Gasteiger partial charge in [-0.2, -0.15) is 0 Å². The number of phenolic OH excluding ortho intramolecular Hbond substituents is 1. The standard InChI is InChI=1S/C22H21BrFNO4/c1-4-11(2)19(22(28)29)20-12(3)25(17-10-16(24)18(26)9-15(17)20)21(27)13-5-7-14(23)8-6-13/h5-11,19,26H,4H2,1-3H3,(H,28,29)/t11-,19?/m1/s1. The zero-order chi connectivity index (χ0) is 21.5. The predicted molar refractivity (Wildman–Crippen MR) is 112 cm³/mol. The van der Waals surface area contributed by atoms with Gasteiger partial charge in [0.05, 0.1) is 11.4 Å². The number of benzene rings is 2. The van der Waals surface area contributed by atoms with E-state index < -0.39 is 29.4 Å². The van der Waals surface area contributed by atoms with Gasteiger partial charge in [-0.15, -0.1) is 0 Å². The topological polar surface area (TPSA) is 79.5 Å². The largest absolute Gasteiger partial charge is 0.505 e. The average molecular weight is 462 g/mol. The highest BCUT2D eigenvalue weighted by Gasteiger charge is 2.33. The Bertz CT molecular complexity index is 1100. The smallest absolute Gasteiger partial charge is 0.311 e. The maximum absolute atomic E-state index is 14.2. The molecule has 0 spiro atoms. The summed E-state index contributed by atoms with van der Waals surface area (Å²) in [6.45, 7) is 5.36. The monoisotopic (exact) mass is 461 g/mol. The zero-order valence-electron chi connectivity index (χ0n) is 16.2. The first-order valence-electron chi connectivity index (χ1n) is 9.23. The normalized spacial score (nSPS) is 13.4. The summed E-state index contributed by atoms with van der Waals surface area (Å²) in [7, 11) is 0. The van der Waals surface area contributed by atoms with Gasteiger partial charge in [-0.3, -0.25) is 14.2 Å². The van der Waals surface area contributed by atoms with Gasteiger partial charge < -0.3 is 10.2 Å². The molecule has 1 unspecified atom stereocenters. The van der Waals surface area contributed by atoms with Crippen molar-refractivity contribution in [2.24, 2.45) is 5.92 Å². The number of carbonyl (C=O) groups is 2. The van der Waals surface area contributed by atoms with Crippen LogP contribution >= 0.6 is 15.9 Å². The molecule has 0 radical (unpaired) electrons. The molecular weight excluding hydrogens is 441 g/mol. The van der Waals surface area contributed by atoms with Crippen molar-refractivity contribution in [3.63, 3.8) is 0 Å². The molecule has 5 nitrogen and oxygen atoms in total. The summed E-state index contributed by atoms with van der Waals surface area (Å²) in [5.41, 5.74) is 1.45. The van der Waals surface area contributed by atoms with Crippen molar-refractivity contribution in [3.05, 3.63) is 63.5 Å². The summed E-state index contributed by atoms with van der Waals surface area (Å²) in [4.78, 5) is 25.3. The molecule has 3 rings (SSSR count). The third kappa shape index (κ3) is 3.67. The molecule has 1 aromatic heterocycles. The lowest BCUT2D eigenvalue weighted by Gasteiger charge is -2.20. The van der Waals surface area contributed by atoms with E-state index in [9.17, 15) is 24.2 Å². The highest BCUT2D eigenvalue weighted by atomic mass is 79.9. The van der Waals surface area contributed by atoms with Gasteiger partial charge in [0, 0.05) is 27.2 Å². The van der Waals surface area contributed by atoms with Gasteiger partial charge >= 0.3 is 5.97 Å². The highest BCUT2D eigenvalue weighted by Crippen LogP contribution is 2.39. The predicted octanol–water partition coefficient (Wildman–Crippen LogP) is 5.46. The second-order valence-electron chi connectivity index (χ2n) is 7.17. The Hall–Kier alpha value is -2.67. The number of aliphatic carboxylic acids is 1. The summed E-state index contributed by atoms with van der Waals surface area (Å²) >= 11 is 3.32. The van der Waals surface area contributed by atoms with Crippen molar-refractivity contribution in [2.75, 3.05) is 0 Å². The van der Waals surface area contributed by atoms with E-state index in [1.54, 1.807) is 31.2 Å². The number of carbonyl (C=O) groups excluding carboxylic acids is 1. The first-order chi connectivity index (χ1) is 13.7. The number of hydrogen-bond donors (Lipinski definition) is 2. The molecule has 152 valence electrons. The first kappa shape index (κ1) is 21.0. The number of aromatic nitrogens is 1. The van der Waals surface area contributed by atoms with Crippen LogP contribution in [0.5, 0.6) is 5.75 Å². The number of nitrogens with zero attached hydrogens (tertiary/aromatic N) is 1. The van der Waals surface area contributed by atoms with Crippen molar-refractivity contribution < 1.29 is 24.2 Å². The minimum absolute atomic E-state index is 0.222. The van der Waals surface area contributed by atoms with E-state index in [1.165, 1.54) is 10.6 Å². The van der Waals surface area contributed by atoms with Gasteiger partial charge in [0.2, 0.25) is 0 Å². The van der Waals surface area contributed by atoms with Crippen LogP contribution in [0.25, 0.3) is 10.9 Å². The van der Waals surface area contributed by atoms with Crippen LogP contribution in [-0.4, -0.2) is 26.7 Å². The molecule has 2 aromatic carbocycles. The fourth-order valence-corrected chi connectivity index (χ4v) is 3.98. The molecule has 1 heterocycles. The molecule has 29 heavy (non-hydrogen) atoms. The molecule has 0 fully saturated rings. The third-order valence-corrected chi connectivity index (χ3v) is 5.93. The van der Waals surface area contributed by atoms with Crippen molar-refractivity contribution in [1.29, 1.82) is 0 Å². The molecule has 0 aliphatic heterocycles. The van der Waals surface area contributed by atoms with E-state index >= 15 is 0 Å². The summed E-state index contributed by atoms with van der Waals surface area (Å²) in [6.07, 6.45) is 0.608. The molecule has 0 saturated carbocycles. The minimum Gasteiger partial charge on any atom is -0.505 e. The zero-order valence-corrected chi connectivity index (χ0v) is 17.8. The maximum atomic E-state index is 14.2. The molecule has 2 N–H and O–H groups in total. The van der Waals surface area contributed by atoms with E-state index in [2.05, 4.69) is 15.9 Å². The Morgan fingerprint density at radius 2 is 1.83 bits per heavy atom. The number of phenols is 1. The van der Waals surface area contributed by atoms with Gasteiger partial charge in [0.25, 0.3) is 5.91 Å². The number of fused-ring (bicyclic) bond motifs is 1. The van der Waals surface area contributed by atoms with Crippen molar-refractivity contribution >= 4 is 38.7 Å². The number of carboxylic acid groups (broad SMARTS) is 1. The fraction of sp³-hybridized carbons (Fsp3) is 0.273. The van der Waals surface area contributed by atoms with E-state index in [4.69, 9.17) is 0 Å². The number of aromatic hydroxyl groups is 1. The van der Waals surface area contributed by atoms with Crippen LogP contribution in [0.1, 0.15) is 47.8 Å². The number of halogens is 2. The van der Waals surface area contributed by atoms with Crippen LogP contribution in [0, 0.1) is 18.7 Å². The lowest BCUT2D eigenvalue weighted by atomic mass is 9.84. The molecular formula is C22H21BrFNO4. The Balaban J connectivity index is 2.35. The quantitative estimate of drug-likeness (QED) is 0.528. The summed E-state index contributed by atoms with van der Waals surface area (Å²) < 4.78 is 16.3. The second kappa shape index (κ2) is 7.99. The van der Waals surface area contributed by atoms with E-state index in [0.717, 1.165) is 10.5 Å². The number of hydrogen-bond acceptors (Lipinski definition) is 3. The molecule has 0 bridgehead atoms. The van der Waals surface area contributed by atoms with Gasteiger partial charge in [0.15, 0.2) is 11.6 Å². The molecule has 2 atom stereocenters. The molecule has 7 heteroatoms. The van der Waals surface area contributed by atoms with Crippen molar-refractivity contribution in [2.45, 2.75) is 33.1 Å². The lowest BCUT2D eigenvalue weighted by molar-refractivity contribution is -0.140. The Morgan fingerprint density at radius 3 is 2.38 bits per heavy atom. The Morgan fingerprint density at radius 1 is 1.21 bits per heavy atom. The summed E-state index contributed by atoms with van der Waals surface area (Å²) in [6, 6.07) is 9.00. The number of carboxylic acids is 1. The lowest BCUT2D eigenvalue weighted by Crippen LogP contribution is -2.21. The highest BCUT2D eigenvalue weighted by molar-refractivity contribution is 9.10. The SMILES string of the molecule is CC[C@@H](C)C(C(=O)O)c1c(C)n(C(=O)c2ccc(Br)cc2)c2cc(F)c(O)cc12. The van der Waals surface area contributed by atoms with Crippen molar-refractivity contribution in [1.82, 2.24) is 4.57 Å². The Labute approximate surface area is 175 Å². The fourth-order valence-electron chi connectivity index (χ4n) is 3.71. The third-order valence-electron chi connectivity index (χ3n) is 5.41. The molecule has 0 aliphatic carbocycles. The van der Waals surface area contributed by atoms with Crippen LogP contribution in [0.3, 0.4) is 0 Å². The summed E-state index contributed by atoms with van der Waals surface area (Å²) in [5, 5.41) is 20.2. The minimum atomic E-state index is -1.03. The van der Waals surface area contributed by atoms with E-state index in [1.807, 2.05) is 13.8 Å². The average Bonchev–Trinajstić information content (AvgIpc) is 2.93. The van der Waals surface area contributed by atoms with Crippen LogP contribution in [0.4, 0.5) is 4.39 Å². The van der Waals surface area contributed by atoms with Crippen LogP contribution in [-0.2, 0) is 4.79 Å². The van der Waals surface area contributed by atoms with E-state index in [0.29, 0.717) is 28.6 Å². The van der Waals surface area contributed by atoms with Gasteiger partial charge in [-0.25, -0.2) is 4.39 Å². The molecule has 0 amide bonds. The van der Waals surface area contributed by atoms with Crippen LogP contribution < -0.4 is 0 Å². The second-order valence-corrected chi connectivity index (χ2v) is 8.08. The summed E-state index contributed by atoms with van der Waals surface area (Å²) in [5.74, 6) is -4.00. The van der Waals surface area contributed by atoms with Crippen molar-refractivity contribution in [3.8, 4) is 5.75 Å². The number of rotatable bonds is 5. The molecule has 3 aromatic rings. The first-order valence-corrected chi connectivity index (χ1v) is 10.0. The molecule has 0 saturated heterocycles. The van der Waals surface area contributed by atoms with Gasteiger partial charge in [0.1, 0.15) is 0 Å². The van der Waals surface area contributed by atoms with Gasteiger partial charge in [-0.05, 0) is 48.7 Å². The van der Waals surface area contributed by atoms with E-state index in [-0.39, 0.29) is 11.4 Å². The maximum Gasteiger partial charge on any atom is 0.311 e. The van der Waals surface area contributed by atoms with Crippen LogP contribution in [0.15, 0.2) is 40.9 Å². The Kier molecular flexibility index (Phi) is 5.80.